The number of aromatic hydroxyl groups is 1. The predicted molar refractivity (Wildman–Crippen MR) is 107 cm³/mol. The summed E-state index contributed by atoms with van der Waals surface area (Å²) in [6.45, 7) is 6.23. The van der Waals surface area contributed by atoms with Crippen molar-refractivity contribution >= 4 is 5.97 Å². The number of ether oxygens (including phenoxy) is 4. The highest BCUT2D eigenvalue weighted by Gasteiger charge is 2.69. The molecular weight excluding hydrogens is 404 g/mol. The fourth-order valence-corrected chi connectivity index (χ4v) is 6.03. The van der Waals surface area contributed by atoms with Crippen LogP contribution in [-0.4, -0.2) is 42.2 Å². The van der Waals surface area contributed by atoms with Crippen LogP contribution in [0.4, 0.5) is 0 Å². The van der Waals surface area contributed by atoms with Gasteiger partial charge in [0, 0.05) is 24.3 Å². The van der Waals surface area contributed by atoms with Gasteiger partial charge in [0.1, 0.15) is 11.5 Å². The molecule has 4 saturated heterocycles. The van der Waals surface area contributed by atoms with Crippen molar-refractivity contribution < 1.29 is 38.6 Å². The predicted octanol–water partition coefficient (Wildman–Crippen LogP) is 3.77. The van der Waals surface area contributed by atoms with Crippen LogP contribution in [0.15, 0.2) is 18.2 Å². The van der Waals surface area contributed by atoms with Crippen LogP contribution in [0, 0.1) is 23.7 Å². The maximum absolute atomic E-state index is 11.9. The first-order valence-corrected chi connectivity index (χ1v) is 11.0. The molecule has 4 aliphatic heterocycles. The number of hydrogen-bond donors (Lipinski definition) is 1. The molecule has 5 fully saturated rings. The molecule has 8 nitrogen and oxygen atoms in total. The molecule has 0 radical (unpaired) electrons. The van der Waals surface area contributed by atoms with Crippen LogP contribution in [0.25, 0.3) is 0 Å². The third kappa shape index (κ3) is 3.23. The Kier molecular flexibility index (Phi) is 4.97. The molecule has 1 spiro atoms. The number of carbonyl (C=O) groups is 1. The van der Waals surface area contributed by atoms with E-state index in [0.29, 0.717) is 11.7 Å². The molecular formula is C23H30O8. The van der Waals surface area contributed by atoms with Gasteiger partial charge in [-0.05, 0) is 50.2 Å². The highest BCUT2D eigenvalue weighted by atomic mass is 17.3. The summed E-state index contributed by atoms with van der Waals surface area (Å²) < 4.78 is 23.6. The minimum Gasteiger partial charge on any atom is -0.508 e. The van der Waals surface area contributed by atoms with E-state index in [9.17, 15) is 9.90 Å². The summed E-state index contributed by atoms with van der Waals surface area (Å²) in [6.07, 6.45) is 2.50. The average molecular weight is 434 g/mol. The number of methoxy groups -OCH3 is 1. The lowest BCUT2D eigenvalue weighted by Crippen LogP contribution is -2.70. The average Bonchev–Trinajstić information content (AvgIpc) is 2.97. The van der Waals surface area contributed by atoms with Crippen LogP contribution in [0.5, 0.6) is 11.5 Å². The van der Waals surface area contributed by atoms with Crippen molar-refractivity contribution in [2.45, 2.75) is 70.4 Å². The minimum absolute atomic E-state index is 0.0233. The lowest BCUT2D eigenvalue weighted by molar-refractivity contribution is -0.575. The van der Waals surface area contributed by atoms with Crippen LogP contribution < -0.4 is 4.74 Å². The van der Waals surface area contributed by atoms with E-state index < -0.39 is 29.9 Å². The Labute approximate surface area is 181 Å². The van der Waals surface area contributed by atoms with Crippen LogP contribution in [0.1, 0.15) is 56.8 Å². The molecule has 0 aromatic heterocycles. The van der Waals surface area contributed by atoms with Crippen molar-refractivity contribution in [3.8, 4) is 11.5 Å². The van der Waals surface area contributed by atoms with Gasteiger partial charge in [-0.2, -0.15) is 0 Å². The van der Waals surface area contributed by atoms with Gasteiger partial charge in [-0.25, -0.2) is 14.6 Å². The van der Waals surface area contributed by atoms with Gasteiger partial charge in [-0.3, -0.25) is 0 Å². The summed E-state index contributed by atoms with van der Waals surface area (Å²) >= 11 is 0. The number of esters is 1. The van der Waals surface area contributed by atoms with Crippen molar-refractivity contribution in [1.29, 1.82) is 0 Å². The second kappa shape index (κ2) is 7.33. The van der Waals surface area contributed by atoms with E-state index in [1.165, 1.54) is 19.2 Å². The molecule has 0 unspecified atom stereocenters. The van der Waals surface area contributed by atoms with Gasteiger partial charge in [0.15, 0.2) is 11.9 Å². The largest absolute Gasteiger partial charge is 0.508 e. The molecule has 5 aliphatic rings. The monoisotopic (exact) mass is 434 g/mol. The van der Waals surface area contributed by atoms with Gasteiger partial charge in [-0.15, -0.1) is 0 Å². The number of rotatable bonds is 3. The van der Waals surface area contributed by atoms with E-state index >= 15 is 0 Å². The normalized spacial score (nSPS) is 43.6. The maximum atomic E-state index is 11.9. The molecule has 31 heavy (non-hydrogen) atoms. The molecule has 2 bridgehead atoms. The molecule has 170 valence electrons. The lowest BCUT2D eigenvalue weighted by atomic mass is 9.58. The SMILES string of the molecule is COC(=O)c1cc(O)cc(O[C@H]2O[C@@H]3O[C@]4(C)CC[C@H]5[C@H](C)CC[C@@H]([C@H]2C)[C@@]35OO4)c1. The summed E-state index contributed by atoms with van der Waals surface area (Å²) in [5.41, 5.74) is -0.457. The summed E-state index contributed by atoms with van der Waals surface area (Å²) in [7, 11) is 1.29. The number of carbonyl (C=O) groups excluding carboxylic acids is 1. The Morgan fingerprint density at radius 2 is 1.94 bits per heavy atom. The number of hydrogen-bond acceptors (Lipinski definition) is 8. The van der Waals surface area contributed by atoms with Gasteiger partial charge >= 0.3 is 5.97 Å². The number of phenolic OH excluding ortho intramolecular Hbond substituents is 1. The van der Waals surface area contributed by atoms with Crippen molar-refractivity contribution in [2.24, 2.45) is 23.7 Å². The number of benzene rings is 1. The zero-order chi connectivity index (χ0) is 22.0. The first-order chi connectivity index (χ1) is 14.8. The van der Waals surface area contributed by atoms with Crippen LogP contribution in [0.3, 0.4) is 0 Å². The van der Waals surface area contributed by atoms with Crippen molar-refractivity contribution in [3.63, 3.8) is 0 Å². The second-order valence-electron chi connectivity index (χ2n) is 9.60. The Morgan fingerprint density at radius 3 is 2.71 bits per heavy atom. The highest BCUT2D eigenvalue weighted by molar-refractivity contribution is 5.90. The quantitative estimate of drug-likeness (QED) is 0.568. The van der Waals surface area contributed by atoms with E-state index in [1.807, 2.05) is 6.92 Å². The Bertz CT molecular complexity index is 873. The fourth-order valence-electron chi connectivity index (χ4n) is 6.03. The Hall–Kier alpha value is -1.87. The maximum Gasteiger partial charge on any atom is 0.338 e. The van der Waals surface area contributed by atoms with Crippen molar-refractivity contribution in [3.05, 3.63) is 23.8 Å². The molecule has 8 heteroatoms. The lowest BCUT2D eigenvalue weighted by Gasteiger charge is -2.60. The van der Waals surface area contributed by atoms with Crippen LogP contribution in [-0.2, 0) is 24.0 Å². The molecule has 1 saturated carbocycles. The Morgan fingerprint density at radius 1 is 1.13 bits per heavy atom. The first kappa shape index (κ1) is 21.0. The molecule has 1 N–H and O–H groups in total. The van der Waals surface area contributed by atoms with E-state index in [0.717, 1.165) is 25.7 Å². The summed E-state index contributed by atoms with van der Waals surface area (Å²) in [6, 6.07) is 4.34. The standard InChI is InChI=1S/C23H30O8/c1-12-5-6-18-13(2)20(27-16-10-14(19(25)26-4)9-15(24)11-16)28-21-23(18)17(12)7-8-22(3,29-21)30-31-23/h9-13,17-18,20-21,24H,5-8H2,1-4H3/t12-,13-,17+,18+,20+,21-,22+,23-/m1/s1. The summed E-state index contributed by atoms with van der Waals surface area (Å²) in [5.74, 6) is -0.309. The van der Waals surface area contributed by atoms with Crippen LogP contribution >= 0.6 is 0 Å². The van der Waals surface area contributed by atoms with E-state index in [4.69, 9.17) is 28.7 Å². The summed E-state index contributed by atoms with van der Waals surface area (Å²) in [5, 5.41) is 10.1. The molecule has 1 aliphatic carbocycles. The fraction of sp³-hybridized carbons (Fsp3) is 0.696. The topological polar surface area (TPSA) is 92.7 Å². The molecule has 4 heterocycles. The van der Waals surface area contributed by atoms with E-state index in [1.54, 1.807) is 6.07 Å². The second-order valence-corrected chi connectivity index (χ2v) is 9.60. The zero-order valence-electron chi connectivity index (χ0n) is 18.3. The first-order valence-electron chi connectivity index (χ1n) is 11.0. The molecule has 1 aromatic carbocycles. The van der Waals surface area contributed by atoms with E-state index in [2.05, 4.69) is 13.8 Å². The van der Waals surface area contributed by atoms with Gasteiger partial charge in [0.05, 0.1) is 12.7 Å². The third-order valence-corrected chi connectivity index (χ3v) is 7.66. The smallest absolute Gasteiger partial charge is 0.338 e. The number of fused-ring (bicyclic) bond motifs is 2. The van der Waals surface area contributed by atoms with Gasteiger partial charge in [0.2, 0.25) is 12.1 Å². The molecule has 0 amide bonds. The molecule has 8 atom stereocenters. The van der Waals surface area contributed by atoms with Crippen molar-refractivity contribution in [1.82, 2.24) is 0 Å². The Balaban J connectivity index is 1.47. The van der Waals surface area contributed by atoms with Crippen LogP contribution in [0.2, 0.25) is 0 Å². The minimum atomic E-state index is -0.855. The van der Waals surface area contributed by atoms with Gasteiger partial charge < -0.3 is 24.1 Å². The third-order valence-electron chi connectivity index (χ3n) is 7.66. The highest BCUT2D eigenvalue weighted by Crippen LogP contribution is 2.60. The van der Waals surface area contributed by atoms with Gasteiger partial charge in [-0.1, -0.05) is 13.8 Å². The van der Waals surface area contributed by atoms with E-state index in [-0.39, 0.29) is 29.1 Å². The molecule has 1 aromatic rings. The van der Waals surface area contributed by atoms with Gasteiger partial charge in [0.25, 0.3) is 0 Å². The number of phenols is 1. The van der Waals surface area contributed by atoms with Crippen molar-refractivity contribution in [2.75, 3.05) is 7.11 Å². The summed E-state index contributed by atoms with van der Waals surface area (Å²) in [4.78, 5) is 23.9. The molecule has 6 rings (SSSR count). The zero-order valence-corrected chi connectivity index (χ0v) is 18.3.